The van der Waals surface area contributed by atoms with Gasteiger partial charge < -0.3 is 5.32 Å². The lowest BCUT2D eigenvalue weighted by Gasteiger charge is -2.10. The van der Waals surface area contributed by atoms with Crippen LogP contribution in [0.25, 0.3) is 0 Å². The molecule has 1 aliphatic rings. The zero-order valence-corrected chi connectivity index (χ0v) is 13.6. The molecule has 1 aliphatic carbocycles. The first-order chi connectivity index (χ1) is 10.2. The summed E-state index contributed by atoms with van der Waals surface area (Å²) >= 11 is 3.47. The minimum atomic E-state index is 0.112. The molecule has 0 spiro atoms. The van der Waals surface area contributed by atoms with Crippen molar-refractivity contribution in [1.29, 1.82) is 0 Å². The summed E-state index contributed by atoms with van der Waals surface area (Å²) in [5, 5.41) is 3.09. The molecule has 108 valence electrons. The number of carbonyl (C=O) groups excluding carboxylic acids is 1. The number of rotatable bonds is 4. The zero-order chi connectivity index (χ0) is 14.8. The van der Waals surface area contributed by atoms with Crippen molar-refractivity contribution in [3.8, 4) is 0 Å². The van der Waals surface area contributed by atoms with E-state index < -0.39 is 0 Å². The number of nitrogens with one attached hydrogen (secondary N) is 1. The number of anilines is 1. The monoisotopic (exact) mass is 343 g/mol. The van der Waals surface area contributed by atoms with Crippen LogP contribution < -0.4 is 5.32 Å². The van der Waals surface area contributed by atoms with E-state index in [0.717, 1.165) is 28.6 Å². The maximum atomic E-state index is 12.4. The molecule has 0 saturated heterocycles. The molecule has 21 heavy (non-hydrogen) atoms. The van der Waals surface area contributed by atoms with Crippen molar-refractivity contribution in [1.82, 2.24) is 0 Å². The number of aryl methyl sites for hydroxylation is 1. The Hall–Kier alpha value is -1.61. The molecule has 3 rings (SSSR count). The van der Waals surface area contributed by atoms with Crippen molar-refractivity contribution in [3.63, 3.8) is 0 Å². The molecule has 0 bridgehead atoms. The summed E-state index contributed by atoms with van der Waals surface area (Å²) in [5.74, 6) is 0.633. The average Bonchev–Trinajstić information content (AvgIpc) is 3.30. The van der Waals surface area contributed by atoms with Gasteiger partial charge >= 0.3 is 0 Å². The van der Waals surface area contributed by atoms with Crippen molar-refractivity contribution in [3.05, 3.63) is 64.1 Å². The van der Waals surface area contributed by atoms with Gasteiger partial charge in [-0.25, -0.2) is 0 Å². The van der Waals surface area contributed by atoms with Crippen molar-refractivity contribution >= 4 is 27.5 Å². The Kier molecular flexibility index (Phi) is 4.11. The summed E-state index contributed by atoms with van der Waals surface area (Å²) < 4.78 is 1.05. The van der Waals surface area contributed by atoms with Gasteiger partial charge in [-0.3, -0.25) is 4.79 Å². The highest BCUT2D eigenvalue weighted by molar-refractivity contribution is 9.10. The highest BCUT2D eigenvalue weighted by Crippen LogP contribution is 2.48. The molecule has 0 aliphatic heterocycles. The molecule has 2 unspecified atom stereocenters. The summed E-state index contributed by atoms with van der Waals surface area (Å²) in [6, 6.07) is 16.3. The Morgan fingerprint density at radius 1 is 1.24 bits per heavy atom. The molecule has 2 aromatic carbocycles. The van der Waals surface area contributed by atoms with Gasteiger partial charge in [0.25, 0.3) is 0 Å². The van der Waals surface area contributed by atoms with Crippen molar-refractivity contribution in [2.24, 2.45) is 5.92 Å². The molecule has 2 atom stereocenters. The quantitative estimate of drug-likeness (QED) is 0.852. The summed E-state index contributed by atoms with van der Waals surface area (Å²) in [4.78, 5) is 12.4. The predicted molar refractivity (Wildman–Crippen MR) is 89.4 cm³/mol. The number of hydrogen-bond acceptors (Lipinski definition) is 1. The number of amides is 1. The molecule has 3 heteroatoms. The summed E-state index contributed by atoms with van der Waals surface area (Å²) in [7, 11) is 0. The third kappa shape index (κ3) is 3.18. The molecule has 0 aromatic heterocycles. The normalized spacial score (nSPS) is 20.1. The first-order valence-electron chi connectivity index (χ1n) is 7.33. The second-order valence-corrected chi connectivity index (χ2v) is 6.42. The fraction of sp³-hybridized carbons (Fsp3) is 0.278. The Morgan fingerprint density at radius 2 is 2.00 bits per heavy atom. The molecule has 1 amide bonds. The summed E-state index contributed by atoms with van der Waals surface area (Å²) in [5.41, 5.74) is 3.36. The molecule has 0 radical (unpaired) electrons. The molecule has 1 fully saturated rings. The lowest BCUT2D eigenvalue weighted by molar-refractivity contribution is -0.117. The molecule has 0 heterocycles. The van der Waals surface area contributed by atoms with Gasteiger partial charge in [0.2, 0.25) is 5.91 Å². The standard InChI is InChI=1S/C18H18BrNO/c1-2-12-10-14(19)8-9-17(12)20-18(21)16-11-15(16)13-6-4-3-5-7-13/h3-10,15-16H,2,11H2,1H3,(H,20,21). The molecular formula is C18H18BrNO. The van der Waals surface area contributed by atoms with E-state index in [1.807, 2.05) is 30.3 Å². The van der Waals surface area contributed by atoms with Crippen molar-refractivity contribution in [2.45, 2.75) is 25.7 Å². The van der Waals surface area contributed by atoms with Crippen LogP contribution in [0.15, 0.2) is 53.0 Å². The lowest BCUT2D eigenvalue weighted by Crippen LogP contribution is -2.15. The second kappa shape index (κ2) is 6.02. The Morgan fingerprint density at radius 3 is 2.71 bits per heavy atom. The van der Waals surface area contributed by atoms with Crippen LogP contribution in [0.4, 0.5) is 5.69 Å². The van der Waals surface area contributed by atoms with E-state index in [4.69, 9.17) is 0 Å². The molecular weight excluding hydrogens is 326 g/mol. The summed E-state index contributed by atoms with van der Waals surface area (Å²) in [6.07, 6.45) is 1.86. The van der Waals surface area contributed by atoms with Gasteiger partial charge in [-0.15, -0.1) is 0 Å². The van der Waals surface area contributed by atoms with Crippen LogP contribution in [0, 0.1) is 5.92 Å². The lowest BCUT2D eigenvalue weighted by atomic mass is 10.1. The fourth-order valence-electron chi connectivity index (χ4n) is 2.76. The van der Waals surface area contributed by atoms with Crippen LogP contribution in [-0.2, 0) is 11.2 Å². The van der Waals surface area contributed by atoms with E-state index in [9.17, 15) is 4.79 Å². The van der Waals surface area contributed by atoms with E-state index in [1.54, 1.807) is 0 Å². The topological polar surface area (TPSA) is 29.1 Å². The molecule has 2 aromatic rings. The number of carbonyl (C=O) groups is 1. The Balaban J connectivity index is 1.69. The van der Waals surface area contributed by atoms with Gasteiger partial charge in [0.15, 0.2) is 0 Å². The highest BCUT2D eigenvalue weighted by atomic mass is 79.9. The van der Waals surface area contributed by atoms with Crippen LogP contribution in [0.5, 0.6) is 0 Å². The van der Waals surface area contributed by atoms with Crippen LogP contribution in [0.2, 0.25) is 0 Å². The minimum absolute atomic E-state index is 0.112. The van der Waals surface area contributed by atoms with Crippen molar-refractivity contribution in [2.75, 3.05) is 5.32 Å². The maximum absolute atomic E-state index is 12.4. The van der Waals surface area contributed by atoms with E-state index in [1.165, 1.54) is 5.56 Å². The van der Waals surface area contributed by atoms with Crippen LogP contribution in [0.1, 0.15) is 30.4 Å². The highest BCUT2D eigenvalue weighted by Gasteiger charge is 2.43. The number of benzene rings is 2. The molecule has 1 N–H and O–H groups in total. The van der Waals surface area contributed by atoms with Gasteiger partial charge in [0, 0.05) is 16.1 Å². The van der Waals surface area contributed by atoms with E-state index in [2.05, 4.69) is 46.4 Å². The average molecular weight is 344 g/mol. The first-order valence-corrected chi connectivity index (χ1v) is 8.12. The van der Waals surface area contributed by atoms with E-state index >= 15 is 0 Å². The SMILES string of the molecule is CCc1cc(Br)ccc1NC(=O)C1CC1c1ccccc1. The smallest absolute Gasteiger partial charge is 0.228 e. The summed E-state index contributed by atoms with van der Waals surface area (Å²) in [6.45, 7) is 2.10. The third-order valence-corrected chi connectivity index (χ3v) is 4.55. The predicted octanol–water partition coefficient (Wildman–Crippen LogP) is 4.75. The fourth-order valence-corrected chi connectivity index (χ4v) is 3.16. The maximum Gasteiger partial charge on any atom is 0.228 e. The molecule has 2 nitrogen and oxygen atoms in total. The zero-order valence-electron chi connectivity index (χ0n) is 12.0. The van der Waals surface area contributed by atoms with Gasteiger partial charge in [-0.1, -0.05) is 53.2 Å². The Labute approximate surface area is 133 Å². The van der Waals surface area contributed by atoms with E-state index in [-0.39, 0.29) is 11.8 Å². The van der Waals surface area contributed by atoms with Gasteiger partial charge in [0.05, 0.1) is 0 Å². The molecule has 1 saturated carbocycles. The van der Waals surface area contributed by atoms with Gasteiger partial charge in [-0.2, -0.15) is 0 Å². The first kappa shape index (κ1) is 14.3. The van der Waals surface area contributed by atoms with Crippen LogP contribution in [0.3, 0.4) is 0 Å². The third-order valence-electron chi connectivity index (χ3n) is 4.06. The van der Waals surface area contributed by atoms with Gasteiger partial charge in [0.1, 0.15) is 0 Å². The minimum Gasteiger partial charge on any atom is -0.326 e. The van der Waals surface area contributed by atoms with Crippen LogP contribution in [-0.4, -0.2) is 5.91 Å². The van der Waals surface area contributed by atoms with E-state index in [0.29, 0.717) is 5.92 Å². The van der Waals surface area contributed by atoms with Gasteiger partial charge in [-0.05, 0) is 48.1 Å². The largest absolute Gasteiger partial charge is 0.326 e. The van der Waals surface area contributed by atoms with Crippen LogP contribution >= 0.6 is 15.9 Å². The van der Waals surface area contributed by atoms with Crippen molar-refractivity contribution < 1.29 is 4.79 Å². The number of hydrogen-bond donors (Lipinski definition) is 1. The second-order valence-electron chi connectivity index (χ2n) is 5.50. The number of halogens is 1. The Bertz CT molecular complexity index is 654.